The maximum Gasteiger partial charge on any atom is 0.149 e. The number of amidine groups is 1. The van der Waals surface area contributed by atoms with Gasteiger partial charge in [-0.15, -0.1) is 0 Å². The normalized spacial score (nSPS) is 10.4. The molecule has 5 nitrogen and oxygen atoms in total. The predicted octanol–water partition coefficient (Wildman–Crippen LogP) is 1.54. The van der Waals surface area contributed by atoms with Gasteiger partial charge in [0.2, 0.25) is 0 Å². The molecule has 0 aromatic carbocycles. The van der Waals surface area contributed by atoms with E-state index in [4.69, 9.17) is 10.6 Å². The molecule has 1 heterocycles. The van der Waals surface area contributed by atoms with Gasteiger partial charge in [-0.2, -0.15) is 0 Å². The summed E-state index contributed by atoms with van der Waals surface area (Å²) in [5.41, 5.74) is 3.28. The zero-order valence-electron chi connectivity index (χ0n) is 10.1. The van der Waals surface area contributed by atoms with Crippen LogP contribution in [0.25, 0.3) is 0 Å². The topological polar surface area (TPSA) is 72.2 Å². The molecule has 16 heavy (non-hydrogen) atoms. The van der Waals surface area contributed by atoms with Crippen molar-refractivity contribution in [2.45, 2.75) is 26.8 Å². The van der Waals surface area contributed by atoms with Crippen molar-refractivity contribution in [3.8, 4) is 0 Å². The van der Waals surface area contributed by atoms with Crippen LogP contribution < -0.4 is 10.4 Å². The average Bonchev–Trinajstić information content (AvgIpc) is 2.25. The molecule has 3 N–H and O–H groups in total. The van der Waals surface area contributed by atoms with Gasteiger partial charge in [-0.1, -0.05) is 0 Å². The van der Waals surface area contributed by atoms with Gasteiger partial charge < -0.3 is 4.90 Å². The number of anilines is 1. The van der Waals surface area contributed by atoms with Gasteiger partial charge in [-0.3, -0.25) is 16.1 Å². The highest BCUT2D eigenvalue weighted by Crippen LogP contribution is 2.15. The molecular weight excluding hydrogens is 204 g/mol. The number of rotatable bonds is 3. The van der Waals surface area contributed by atoms with Crippen molar-refractivity contribution >= 4 is 11.7 Å². The number of nitrogens with one attached hydrogen (secondary N) is 2. The predicted molar refractivity (Wildman–Crippen MR) is 64.3 cm³/mol. The van der Waals surface area contributed by atoms with Crippen LogP contribution in [0.5, 0.6) is 0 Å². The van der Waals surface area contributed by atoms with Gasteiger partial charge in [-0.25, -0.2) is 4.98 Å². The molecule has 0 unspecified atom stereocenters. The first-order valence-electron chi connectivity index (χ1n) is 5.16. The van der Waals surface area contributed by atoms with Crippen LogP contribution in [0.3, 0.4) is 0 Å². The fraction of sp³-hybridized carbons (Fsp3) is 0.455. The highest BCUT2D eigenvalue weighted by Gasteiger charge is 2.10. The minimum atomic E-state index is -0.0242. The summed E-state index contributed by atoms with van der Waals surface area (Å²) in [5, 5.41) is 16.2. The molecule has 0 aliphatic carbocycles. The van der Waals surface area contributed by atoms with Crippen LogP contribution in [0.4, 0.5) is 5.82 Å². The molecule has 88 valence electrons. The number of aromatic nitrogens is 1. The lowest BCUT2D eigenvalue weighted by Gasteiger charge is -2.23. The van der Waals surface area contributed by atoms with Crippen molar-refractivity contribution < 1.29 is 5.21 Å². The monoisotopic (exact) mass is 222 g/mol. The molecule has 0 amide bonds. The molecule has 0 fully saturated rings. The molecule has 0 saturated heterocycles. The smallest absolute Gasteiger partial charge is 0.149 e. The minimum absolute atomic E-state index is 0.0242. The van der Waals surface area contributed by atoms with Gasteiger partial charge in [0.05, 0.1) is 0 Å². The van der Waals surface area contributed by atoms with Gasteiger partial charge >= 0.3 is 0 Å². The van der Waals surface area contributed by atoms with Crippen LogP contribution in [-0.2, 0) is 0 Å². The van der Waals surface area contributed by atoms with E-state index in [0.29, 0.717) is 11.6 Å². The highest BCUT2D eigenvalue weighted by atomic mass is 16.5. The van der Waals surface area contributed by atoms with Gasteiger partial charge in [0.15, 0.2) is 0 Å². The second-order valence-corrected chi connectivity index (χ2v) is 4.05. The molecule has 1 aromatic rings. The summed E-state index contributed by atoms with van der Waals surface area (Å²) < 4.78 is 0. The largest absolute Gasteiger partial charge is 0.357 e. The molecule has 0 saturated carbocycles. The third-order valence-electron chi connectivity index (χ3n) is 2.48. The van der Waals surface area contributed by atoms with Crippen molar-refractivity contribution in [3.63, 3.8) is 0 Å². The summed E-state index contributed by atoms with van der Waals surface area (Å²) in [5.74, 6) is 0.772. The van der Waals surface area contributed by atoms with Crippen molar-refractivity contribution in [3.05, 3.63) is 23.4 Å². The quantitative estimate of drug-likeness (QED) is 0.412. The highest BCUT2D eigenvalue weighted by molar-refractivity contribution is 5.96. The number of pyridine rings is 1. The Balaban J connectivity index is 3.12. The maximum atomic E-state index is 8.71. The summed E-state index contributed by atoms with van der Waals surface area (Å²) in [6, 6.07) is 3.86. The first-order valence-corrected chi connectivity index (χ1v) is 5.16. The Hall–Kier alpha value is -1.62. The summed E-state index contributed by atoms with van der Waals surface area (Å²) in [4.78, 5) is 6.41. The number of hydroxylamine groups is 1. The lowest BCUT2D eigenvalue weighted by Crippen LogP contribution is -2.27. The Morgan fingerprint density at radius 3 is 2.62 bits per heavy atom. The summed E-state index contributed by atoms with van der Waals surface area (Å²) >= 11 is 0. The van der Waals surface area contributed by atoms with E-state index in [1.165, 1.54) is 0 Å². The van der Waals surface area contributed by atoms with Crippen LogP contribution in [0, 0.1) is 12.3 Å². The average molecular weight is 222 g/mol. The van der Waals surface area contributed by atoms with E-state index in [1.54, 1.807) is 12.1 Å². The van der Waals surface area contributed by atoms with Gasteiger partial charge in [0, 0.05) is 24.3 Å². The zero-order valence-corrected chi connectivity index (χ0v) is 10.1. The molecule has 1 rings (SSSR count). The molecule has 5 heteroatoms. The third-order valence-corrected chi connectivity index (χ3v) is 2.48. The number of aryl methyl sites for hydroxylation is 1. The molecule has 0 aliphatic heterocycles. The Bertz CT molecular complexity index is 390. The SMILES string of the molecule is Cc1cc(C(=N)NO)cc(N(C)C(C)C)n1. The van der Waals surface area contributed by atoms with Crippen LogP contribution in [0.15, 0.2) is 12.1 Å². The van der Waals surface area contributed by atoms with Crippen LogP contribution in [0.2, 0.25) is 0 Å². The lowest BCUT2D eigenvalue weighted by molar-refractivity contribution is 0.234. The molecule has 0 aliphatic rings. The second kappa shape index (κ2) is 4.94. The number of hydrogen-bond acceptors (Lipinski definition) is 4. The maximum absolute atomic E-state index is 8.71. The Morgan fingerprint density at radius 1 is 1.50 bits per heavy atom. The lowest BCUT2D eigenvalue weighted by atomic mass is 10.2. The van der Waals surface area contributed by atoms with E-state index in [2.05, 4.69) is 18.8 Å². The molecule has 0 atom stereocenters. The first kappa shape index (κ1) is 12.4. The zero-order chi connectivity index (χ0) is 12.3. The van der Waals surface area contributed by atoms with Crippen molar-refractivity contribution in [1.82, 2.24) is 10.5 Å². The second-order valence-electron chi connectivity index (χ2n) is 4.05. The number of hydrogen-bond donors (Lipinski definition) is 3. The fourth-order valence-corrected chi connectivity index (χ4v) is 1.31. The van der Waals surface area contributed by atoms with E-state index in [-0.39, 0.29) is 5.84 Å². The third kappa shape index (κ3) is 2.70. The van der Waals surface area contributed by atoms with Gasteiger partial charge in [0.25, 0.3) is 0 Å². The fourth-order valence-electron chi connectivity index (χ4n) is 1.31. The van der Waals surface area contributed by atoms with E-state index in [9.17, 15) is 0 Å². The molecule has 0 bridgehead atoms. The van der Waals surface area contributed by atoms with Crippen molar-refractivity contribution in [2.75, 3.05) is 11.9 Å². The van der Waals surface area contributed by atoms with Crippen LogP contribution in [-0.4, -0.2) is 29.1 Å². The Morgan fingerprint density at radius 2 is 2.12 bits per heavy atom. The number of nitrogens with zero attached hydrogens (tertiary/aromatic N) is 2. The van der Waals surface area contributed by atoms with E-state index in [0.717, 1.165) is 11.5 Å². The molecular formula is C11H18N4O. The van der Waals surface area contributed by atoms with E-state index in [1.807, 2.05) is 24.4 Å². The van der Waals surface area contributed by atoms with Gasteiger partial charge in [0.1, 0.15) is 11.7 Å². The molecule has 0 spiro atoms. The van der Waals surface area contributed by atoms with Crippen LogP contribution in [0.1, 0.15) is 25.1 Å². The minimum Gasteiger partial charge on any atom is -0.357 e. The van der Waals surface area contributed by atoms with Crippen molar-refractivity contribution in [2.24, 2.45) is 0 Å². The van der Waals surface area contributed by atoms with E-state index < -0.39 is 0 Å². The Labute approximate surface area is 95.6 Å². The standard InChI is InChI=1S/C11H18N4O/c1-7(2)15(4)10-6-9(11(12)14-16)5-8(3)13-10/h5-7,16H,1-4H3,(H2,12,14). The summed E-state index contributed by atoms with van der Waals surface area (Å²) in [7, 11) is 1.95. The molecule has 0 radical (unpaired) electrons. The molecule has 1 aromatic heterocycles. The van der Waals surface area contributed by atoms with E-state index >= 15 is 0 Å². The van der Waals surface area contributed by atoms with Crippen LogP contribution >= 0.6 is 0 Å². The summed E-state index contributed by atoms with van der Waals surface area (Å²) in [6.45, 7) is 6.00. The Kier molecular flexibility index (Phi) is 3.84. The first-order chi connectivity index (χ1) is 7.45. The summed E-state index contributed by atoms with van der Waals surface area (Å²) in [6.07, 6.45) is 0. The van der Waals surface area contributed by atoms with Gasteiger partial charge in [-0.05, 0) is 32.9 Å². The van der Waals surface area contributed by atoms with Crippen molar-refractivity contribution in [1.29, 1.82) is 5.41 Å².